The fourth-order valence-electron chi connectivity index (χ4n) is 2.63. The third-order valence-corrected chi connectivity index (χ3v) is 4.28. The van der Waals surface area contributed by atoms with Crippen molar-refractivity contribution in [2.45, 2.75) is 32.6 Å². The second-order valence-corrected chi connectivity index (χ2v) is 7.06. The van der Waals surface area contributed by atoms with Gasteiger partial charge in [0.25, 0.3) is 0 Å². The molecule has 0 fully saturated rings. The molecule has 1 aromatic heterocycles. The van der Waals surface area contributed by atoms with E-state index in [1.165, 1.54) is 5.56 Å². The number of carbonyl (C=O) groups excluding carboxylic acids is 1. The summed E-state index contributed by atoms with van der Waals surface area (Å²) in [4.78, 5) is 20.5. The molecule has 2 rings (SSSR count). The number of aliphatic imine (C=N–C) groups is 1. The Morgan fingerprint density at radius 1 is 1.07 bits per heavy atom. The van der Waals surface area contributed by atoms with Crippen molar-refractivity contribution in [3.63, 3.8) is 0 Å². The molecule has 0 radical (unpaired) electrons. The van der Waals surface area contributed by atoms with Gasteiger partial charge in [0.15, 0.2) is 5.96 Å². The molecular weight excluding hydrogens is 338 g/mol. The number of carbonyl (C=O) groups is 1. The smallest absolute Gasteiger partial charge is 0.227 e. The topological polar surface area (TPSA) is 78.4 Å². The summed E-state index contributed by atoms with van der Waals surface area (Å²) in [7, 11) is 1.72. The molecule has 0 unspecified atom stereocenters. The number of pyridine rings is 1. The van der Waals surface area contributed by atoms with Gasteiger partial charge in [-0.25, -0.2) is 4.98 Å². The molecule has 0 saturated carbocycles. The van der Waals surface area contributed by atoms with Crippen LogP contribution in [0.15, 0.2) is 53.5 Å². The summed E-state index contributed by atoms with van der Waals surface area (Å²) < 4.78 is 0. The van der Waals surface area contributed by atoms with E-state index in [4.69, 9.17) is 0 Å². The van der Waals surface area contributed by atoms with Crippen molar-refractivity contribution in [3.8, 4) is 0 Å². The molecule has 0 atom stereocenters. The van der Waals surface area contributed by atoms with E-state index in [2.05, 4.69) is 51.9 Å². The number of nitrogens with one attached hydrogen (secondary N) is 3. The number of nitrogens with zero attached hydrogens (tertiary/aromatic N) is 2. The molecule has 2 aromatic rings. The largest absolute Gasteiger partial charge is 0.356 e. The number of rotatable bonds is 7. The van der Waals surface area contributed by atoms with Crippen LogP contribution in [0.4, 0.5) is 5.82 Å². The Morgan fingerprint density at radius 2 is 1.81 bits per heavy atom. The van der Waals surface area contributed by atoms with Gasteiger partial charge in [0.1, 0.15) is 5.82 Å². The van der Waals surface area contributed by atoms with E-state index in [1.54, 1.807) is 13.1 Å². The van der Waals surface area contributed by atoms with Gasteiger partial charge in [0.2, 0.25) is 5.91 Å². The SMILES string of the molecule is CN=C(NCCC(=O)Nc1cccc(C)n1)NCC(C)(C)c1ccccc1. The Hall–Kier alpha value is -2.89. The highest BCUT2D eigenvalue weighted by atomic mass is 16.1. The summed E-state index contributed by atoms with van der Waals surface area (Å²) in [6.45, 7) is 7.48. The van der Waals surface area contributed by atoms with Crippen molar-refractivity contribution in [1.29, 1.82) is 0 Å². The second kappa shape index (κ2) is 9.71. The van der Waals surface area contributed by atoms with Crippen LogP contribution in [-0.4, -0.2) is 37.0 Å². The third kappa shape index (κ3) is 6.73. The van der Waals surface area contributed by atoms with E-state index in [1.807, 2.05) is 37.3 Å². The molecule has 0 aliphatic carbocycles. The minimum atomic E-state index is -0.0827. The van der Waals surface area contributed by atoms with Crippen LogP contribution in [0.2, 0.25) is 0 Å². The average molecular weight is 367 g/mol. The molecule has 3 N–H and O–H groups in total. The molecule has 6 heteroatoms. The molecule has 144 valence electrons. The molecule has 27 heavy (non-hydrogen) atoms. The average Bonchev–Trinajstić information content (AvgIpc) is 2.65. The Labute approximate surface area is 161 Å². The van der Waals surface area contributed by atoms with Gasteiger partial charge < -0.3 is 16.0 Å². The number of benzene rings is 1. The lowest BCUT2D eigenvalue weighted by Crippen LogP contribution is -2.44. The highest BCUT2D eigenvalue weighted by Crippen LogP contribution is 2.21. The van der Waals surface area contributed by atoms with Crippen molar-refractivity contribution in [1.82, 2.24) is 15.6 Å². The van der Waals surface area contributed by atoms with Crippen molar-refractivity contribution < 1.29 is 4.79 Å². The van der Waals surface area contributed by atoms with Crippen LogP contribution in [0.1, 0.15) is 31.5 Å². The second-order valence-electron chi connectivity index (χ2n) is 7.06. The number of hydrogen-bond acceptors (Lipinski definition) is 3. The first-order valence-corrected chi connectivity index (χ1v) is 9.14. The quantitative estimate of drug-likeness (QED) is 0.519. The van der Waals surface area contributed by atoms with Crippen molar-refractivity contribution >= 4 is 17.7 Å². The van der Waals surface area contributed by atoms with Gasteiger partial charge in [-0.2, -0.15) is 0 Å². The zero-order chi connectivity index (χ0) is 19.7. The highest BCUT2D eigenvalue weighted by molar-refractivity contribution is 5.90. The first-order chi connectivity index (χ1) is 12.9. The summed E-state index contributed by atoms with van der Waals surface area (Å²) in [6, 6.07) is 15.9. The minimum absolute atomic E-state index is 0.0346. The van der Waals surface area contributed by atoms with E-state index < -0.39 is 0 Å². The highest BCUT2D eigenvalue weighted by Gasteiger charge is 2.20. The monoisotopic (exact) mass is 367 g/mol. The third-order valence-electron chi connectivity index (χ3n) is 4.28. The van der Waals surface area contributed by atoms with Crippen LogP contribution in [0, 0.1) is 6.92 Å². The Kier molecular flexibility index (Phi) is 7.34. The molecule has 0 spiro atoms. The maximum atomic E-state index is 12.0. The molecule has 0 bridgehead atoms. The predicted molar refractivity (Wildman–Crippen MR) is 111 cm³/mol. The van der Waals surface area contributed by atoms with Gasteiger partial charge in [0, 0.05) is 37.7 Å². The van der Waals surface area contributed by atoms with Crippen LogP contribution >= 0.6 is 0 Å². The van der Waals surface area contributed by atoms with E-state index in [9.17, 15) is 4.79 Å². The van der Waals surface area contributed by atoms with Gasteiger partial charge >= 0.3 is 0 Å². The standard InChI is InChI=1S/C21H29N5O/c1-16-9-8-12-18(25-16)26-19(27)13-14-23-20(22-4)24-15-21(2,3)17-10-6-5-7-11-17/h5-12H,13-15H2,1-4H3,(H2,22,23,24)(H,25,26,27). The first kappa shape index (κ1) is 20.4. The summed E-state index contributed by atoms with van der Waals surface area (Å²) >= 11 is 0. The molecule has 0 aliphatic rings. The summed E-state index contributed by atoms with van der Waals surface area (Å²) in [5.74, 6) is 1.17. The molecule has 1 aromatic carbocycles. The van der Waals surface area contributed by atoms with E-state index in [0.29, 0.717) is 24.7 Å². The maximum absolute atomic E-state index is 12.0. The van der Waals surface area contributed by atoms with Crippen LogP contribution in [0.5, 0.6) is 0 Å². The van der Waals surface area contributed by atoms with Crippen LogP contribution in [0.3, 0.4) is 0 Å². The molecule has 0 saturated heterocycles. The van der Waals surface area contributed by atoms with Gasteiger partial charge in [-0.3, -0.25) is 9.79 Å². The van der Waals surface area contributed by atoms with Gasteiger partial charge in [-0.05, 0) is 24.6 Å². The van der Waals surface area contributed by atoms with E-state index >= 15 is 0 Å². The van der Waals surface area contributed by atoms with Crippen molar-refractivity contribution in [2.24, 2.45) is 4.99 Å². The molecule has 1 amide bonds. The zero-order valence-electron chi connectivity index (χ0n) is 16.5. The molecule has 0 aliphatic heterocycles. The van der Waals surface area contributed by atoms with Crippen molar-refractivity contribution in [2.75, 3.05) is 25.5 Å². The predicted octanol–water partition coefficient (Wildman–Crippen LogP) is 2.86. The van der Waals surface area contributed by atoms with E-state index in [-0.39, 0.29) is 11.3 Å². The lowest BCUT2D eigenvalue weighted by Gasteiger charge is -2.26. The van der Waals surface area contributed by atoms with Gasteiger partial charge in [0.05, 0.1) is 0 Å². The van der Waals surface area contributed by atoms with Gasteiger partial charge in [-0.1, -0.05) is 50.2 Å². The number of hydrogen-bond donors (Lipinski definition) is 3. The summed E-state index contributed by atoms with van der Waals surface area (Å²) in [5.41, 5.74) is 2.10. The first-order valence-electron chi connectivity index (χ1n) is 9.14. The normalized spacial score (nSPS) is 11.8. The number of amides is 1. The van der Waals surface area contributed by atoms with Crippen LogP contribution in [-0.2, 0) is 10.2 Å². The fraction of sp³-hybridized carbons (Fsp3) is 0.381. The number of anilines is 1. The minimum Gasteiger partial charge on any atom is -0.356 e. The summed E-state index contributed by atoms with van der Waals surface area (Å²) in [6.07, 6.45) is 0.332. The Bertz CT molecular complexity index is 771. The lowest BCUT2D eigenvalue weighted by atomic mass is 9.85. The molecule has 6 nitrogen and oxygen atoms in total. The van der Waals surface area contributed by atoms with Gasteiger partial charge in [-0.15, -0.1) is 0 Å². The van der Waals surface area contributed by atoms with Crippen LogP contribution in [0.25, 0.3) is 0 Å². The van der Waals surface area contributed by atoms with Crippen molar-refractivity contribution in [3.05, 3.63) is 59.8 Å². The Morgan fingerprint density at radius 3 is 2.48 bits per heavy atom. The summed E-state index contributed by atoms with van der Waals surface area (Å²) in [5, 5.41) is 9.32. The molecular formula is C21H29N5O. The zero-order valence-corrected chi connectivity index (χ0v) is 16.5. The lowest BCUT2D eigenvalue weighted by molar-refractivity contribution is -0.116. The number of aryl methyl sites for hydroxylation is 1. The number of guanidine groups is 1. The van der Waals surface area contributed by atoms with Crippen LogP contribution < -0.4 is 16.0 Å². The number of aromatic nitrogens is 1. The fourth-order valence-corrected chi connectivity index (χ4v) is 2.63. The maximum Gasteiger partial charge on any atom is 0.227 e. The van der Waals surface area contributed by atoms with E-state index in [0.717, 1.165) is 12.2 Å². The Balaban J connectivity index is 1.76. The molecule has 1 heterocycles.